The zero-order chi connectivity index (χ0) is 28.2. The number of aromatic nitrogens is 1. The lowest BCUT2D eigenvalue weighted by Gasteiger charge is -2.45. The van der Waals surface area contributed by atoms with Crippen molar-refractivity contribution in [2.24, 2.45) is 5.73 Å². The zero-order valence-electron chi connectivity index (χ0n) is 21.2. The fourth-order valence-corrected chi connectivity index (χ4v) is 5.77. The number of piperazine rings is 1. The topological polar surface area (TPSA) is 186 Å². The van der Waals surface area contributed by atoms with Crippen molar-refractivity contribution in [2.75, 3.05) is 44.3 Å². The van der Waals surface area contributed by atoms with Crippen LogP contribution in [0.25, 0.3) is 0 Å². The first-order valence-electron chi connectivity index (χ1n) is 12.3. The molecule has 12 nitrogen and oxygen atoms in total. The molecular weight excluding hydrogens is 522 g/mol. The summed E-state index contributed by atoms with van der Waals surface area (Å²) < 4.78 is 5.12. The first-order valence-corrected chi connectivity index (χ1v) is 13.1. The molecule has 4 rings (SSSR count). The Kier molecular flexibility index (Phi) is 8.24. The first-order chi connectivity index (χ1) is 18.7. The second-order valence-corrected chi connectivity index (χ2v) is 10.2. The van der Waals surface area contributed by atoms with E-state index in [1.54, 1.807) is 29.2 Å². The van der Waals surface area contributed by atoms with Crippen LogP contribution in [0.4, 0.5) is 10.6 Å². The second-order valence-electron chi connectivity index (χ2n) is 9.14. The molecule has 39 heavy (non-hydrogen) atoms. The number of hydrogen-bond donors (Lipinski definition) is 3. The monoisotopic (exact) mass is 549 g/mol. The van der Waals surface area contributed by atoms with Crippen molar-refractivity contribution in [1.29, 1.82) is 10.5 Å². The van der Waals surface area contributed by atoms with Gasteiger partial charge in [0.2, 0.25) is 5.91 Å². The largest absolute Gasteiger partial charge is 0.465 e. The minimum atomic E-state index is -1.30. The average Bonchev–Trinajstić information content (AvgIpc) is 2.92. The Bertz CT molecular complexity index is 1360. The zero-order valence-corrected chi connectivity index (χ0v) is 22.0. The number of nitrogens with two attached hydrogens (primary N) is 1. The van der Waals surface area contributed by atoms with Crippen LogP contribution in [0.2, 0.25) is 0 Å². The number of carboxylic acid groups (broad SMARTS) is 1. The first kappa shape index (κ1) is 27.7. The molecular formula is C26H27N7O5S. The predicted octanol–water partition coefficient (Wildman–Crippen LogP) is 1.39. The fraction of sp³-hybridized carbons (Fsp3) is 0.385. The molecule has 1 atom stereocenters. The molecule has 2 aliphatic heterocycles. The van der Waals surface area contributed by atoms with E-state index in [1.807, 2.05) is 17.9 Å². The Morgan fingerprint density at radius 2 is 1.79 bits per heavy atom. The summed E-state index contributed by atoms with van der Waals surface area (Å²) in [4.78, 5) is 44.9. The maximum absolute atomic E-state index is 13.1. The van der Waals surface area contributed by atoms with Gasteiger partial charge in [0.15, 0.2) is 5.54 Å². The summed E-state index contributed by atoms with van der Waals surface area (Å²) in [5.41, 5.74) is 6.12. The third kappa shape index (κ3) is 5.46. The van der Waals surface area contributed by atoms with Gasteiger partial charge in [-0.25, -0.2) is 9.78 Å². The quantitative estimate of drug-likeness (QED) is 0.406. The molecule has 4 N–H and O–H groups in total. The molecule has 2 saturated heterocycles. The lowest BCUT2D eigenvalue weighted by atomic mass is 9.95. The number of rotatable bonds is 8. The maximum atomic E-state index is 13.1. The van der Waals surface area contributed by atoms with Gasteiger partial charge in [-0.2, -0.15) is 10.5 Å². The van der Waals surface area contributed by atoms with Crippen LogP contribution in [-0.2, 0) is 20.7 Å². The summed E-state index contributed by atoms with van der Waals surface area (Å²) in [6.45, 7) is 2.97. The molecule has 0 spiro atoms. The van der Waals surface area contributed by atoms with Crippen molar-refractivity contribution < 1.29 is 24.2 Å². The molecule has 1 unspecified atom stereocenters. The standard InChI is InChI=1S/C26H27N7O5S/c1-2-17-18(12-27)22(30-23(19(17)13-28)39-20(21(29)34)16-6-4-3-5-7-16)32-8-10-33(11-9-32)24(35)26(14-38-15-26)31-25(36)37/h3-7,20,31H,2,8-11,14-15H2,1H3,(H2,29,34)(H,36,37). The normalized spacial score (nSPS) is 16.8. The second kappa shape index (κ2) is 11.6. The van der Waals surface area contributed by atoms with Crippen LogP contribution in [-0.4, -0.2) is 77.8 Å². The van der Waals surface area contributed by atoms with Crippen molar-refractivity contribution in [3.05, 3.63) is 52.6 Å². The van der Waals surface area contributed by atoms with Gasteiger partial charge in [0.25, 0.3) is 5.91 Å². The Hall–Kier alpha value is -4.33. The molecule has 0 saturated carbocycles. The number of carbonyl (C=O) groups excluding carboxylic acids is 2. The number of thioether (sulfide) groups is 1. The van der Waals surface area contributed by atoms with Gasteiger partial charge in [0, 0.05) is 26.2 Å². The molecule has 2 aromatic rings. The van der Waals surface area contributed by atoms with Crippen LogP contribution >= 0.6 is 11.8 Å². The van der Waals surface area contributed by atoms with Gasteiger partial charge in [-0.1, -0.05) is 49.0 Å². The predicted molar refractivity (Wildman–Crippen MR) is 141 cm³/mol. The lowest BCUT2D eigenvalue weighted by Crippen LogP contribution is -2.71. The van der Waals surface area contributed by atoms with E-state index in [0.29, 0.717) is 41.5 Å². The number of nitriles is 2. The molecule has 202 valence electrons. The van der Waals surface area contributed by atoms with E-state index in [1.165, 1.54) is 0 Å². The highest BCUT2D eigenvalue weighted by atomic mass is 32.2. The third-order valence-electron chi connectivity index (χ3n) is 6.73. The molecule has 3 amide bonds. The number of anilines is 1. The van der Waals surface area contributed by atoms with Gasteiger partial charge in [0.05, 0.1) is 24.3 Å². The molecule has 1 aromatic carbocycles. The molecule has 13 heteroatoms. The van der Waals surface area contributed by atoms with E-state index in [-0.39, 0.29) is 43.3 Å². The number of carbonyl (C=O) groups is 3. The van der Waals surface area contributed by atoms with Crippen LogP contribution in [0, 0.1) is 22.7 Å². The summed E-state index contributed by atoms with van der Waals surface area (Å²) in [6, 6.07) is 13.3. The van der Waals surface area contributed by atoms with E-state index >= 15 is 0 Å². The van der Waals surface area contributed by atoms with Gasteiger partial charge < -0.3 is 30.7 Å². The smallest absolute Gasteiger partial charge is 0.405 e. The maximum Gasteiger partial charge on any atom is 0.405 e. The summed E-state index contributed by atoms with van der Waals surface area (Å²) in [5, 5.41) is 31.0. The molecule has 3 heterocycles. The molecule has 0 radical (unpaired) electrons. The number of ether oxygens (including phenoxy) is 1. The van der Waals surface area contributed by atoms with Gasteiger partial charge in [-0.3, -0.25) is 9.59 Å². The van der Waals surface area contributed by atoms with E-state index in [9.17, 15) is 24.9 Å². The minimum Gasteiger partial charge on any atom is -0.465 e. The van der Waals surface area contributed by atoms with Gasteiger partial charge >= 0.3 is 6.09 Å². The van der Waals surface area contributed by atoms with Crippen LogP contribution in [0.5, 0.6) is 0 Å². The Morgan fingerprint density at radius 3 is 2.28 bits per heavy atom. The van der Waals surface area contributed by atoms with E-state index in [4.69, 9.17) is 20.6 Å². The minimum absolute atomic E-state index is 0.0308. The van der Waals surface area contributed by atoms with Crippen molar-refractivity contribution >= 4 is 35.5 Å². The van der Waals surface area contributed by atoms with Crippen LogP contribution < -0.4 is 16.0 Å². The molecule has 2 fully saturated rings. The van der Waals surface area contributed by atoms with Crippen molar-refractivity contribution in [3.8, 4) is 12.1 Å². The number of nitrogens with zero attached hydrogens (tertiary/aromatic N) is 5. The number of amides is 3. The lowest BCUT2D eigenvalue weighted by molar-refractivity contribution is -0.158. The molecule has 0 aliphatic carbocycles. The Labute approximate surface area is 229 Å². The number of nitrogens with one attached hydrogen (secondary N) is 1. The number of pyridine rings is 1. The Morgan fingerprint density at radius 1 is 1.15 bits per heavy atom. The number of benzene rings is 1. The summed E-state index contributed by atoms with van der Waals surface area (Å²) in [6.07, 6.45) is -0.906. The molecule has 0 bridgehead atoms. The van der Waals surface area contributed by atoms with Crippen molar-refractivity contribution in [1.82, 2.24) is 15.2 Å². The summed E-state index contributed by atoms with van der Waals surface area (Å²) >= 11 is 1.07. The number of primary amides is 1. The highest BCUT2D eigenvalue weighted by Gasteiger charge is 2.50. The van der Waals surface area contributed by atoms with Gasteiger partial charge in [-0.05, 0) is 17.5 Å². The van der Waals surface area contributed by atoms with Crippen LogP contribution in [0.1, 0.15) is 34.4 Å². The third-order valence-corrected chi connectivity index (χ3v) is 7.99. The molecule has 2 aliphatic rings. The molecule has 1 aromatic heterocycles. The van der Waals surface area contributed by atoms with Crippen molar-refractivity contribution in [3.63, 3.8) is 0 Å². The van der Waals surface area contributed by atoms with Crippen LogP contribution in [0.15, 0.2) is 35.4 Å². The average molecular weight is 550 g/mol. The fourth-order valence-electron chi connectivity index (χ4n) is 4.71. The highest BCUT2D eigenvalue weighted by Crippen LogP contribution is 2.39. The number of hydrogen-bond acceptors (Lipinski definition) is 9. The SMILES string of the molecule is CCc1c(C#N)c(SC(C(N)=O)c2ccccc2)nc(N2CCN(C(=O)C3(NC(=O)O)COC3)CC2)c1C#N. The summed E-state index contributed by atoms with van der Waals surface area (Å²) in [7, 11) is 0. The highest BCUT2D eigenvalue weighted by molar-refractivity contribution is 8.00. The summed E-state index contributed by atoms with van der Waals surface area (Å²) in [5.74, 6) is -0.580. The van der Waals surface area contributed by atoms with Gasteiger partial charge in [0.1, 0.15) is 28.2 Å². The van der Waals surface area contributed by atoms with E-state index in [2.05, 4.69) is 17.5 Å². The Balaban J connectivity index is 1.64. The van der Waals surface area contributed by atoms with E-state index < -0.39 is 22.8 Å². The van der Waals surface area contributed by atoms with Crippen molar-refractivity contribution in [2.45, 2.75) is 29.2 Å². The van der Waals surface area contributed by atoms with Crippen LogP contribution in [0.3, 0.4) is 0 Å². The van der Waals surface area contributed by atoms with E-state index in [0.717, 1.165) is 11.8 Å². The van der Waals surface area contributed by atoms with Gasteiger partial charge in [-0.15, -0.1) is 0 Å².